The SMILES string of the molecule is CCn1nnnc1COc1cccc(N)c1. The molecule has 0 fully saturated rings. The molecule has 0 spiro atoms. The minimum atomic E-state index is 0.338. The fourth-order valence-corrected chi connectivity index (χ4v) is 1.32. The van der Waals surface area contributed by atoms with E-state index < -0.39 is 0 Å². The average molecular weight is 219 g/mol. The molecule has 2 rings (SSSR count). The molecule has 1 aromatic heterocycles. The van der Waals surface area contributed by atoms with Crippen molar-refractivity contribution in [2.45, 2.75) is 20.1 Å². The molecule has 84 valence electrons. The Bertz CT molecular complexity index is 468. The quantitative estimate of drug-likeness (QED) is 0.771. The van der Waals surface area contributed by atoms with E-state index in [1.54, 1.807) is 10.7 Å². The van der Waals surface area contributed by atoms with Crippen molar-refractivity contribution in [3.63, 3.8) is 0 Å². The van der Waals surface area contributed by atoms with Gasteiger partial charge in [0.05, 0.1) is 0 Å². The zero-order valence-electron chi connectivity index (χ0n) is 9.00. The van der Waals surface area contributed by atoms with Crippen molar-refractivity contribution in [3.8, 4) is 5.75 Å². The van der Waals surface area contributed by atoms with E-state index in [0.717, 1.165) is 6.54 Å². The highest BCUT2D eigenvalue weighted by Gasteiger charge is 2.04. The van der Waals surface area contributed by atoms with Crippen molar-refractivity contribution in [2.24, 2.45) is 0 Å². The van der Waals surface area contributed by atoms with Crippen LogP contribution in [0.5, 0.6) is 5.75 Å². The first-order chi connectivity index (χ1) is 7.79. The molecule has 0 aliphatic carbocycles. The Morgan fingerprint density at radius 1 is 1.44 bits per heavy atom. The molecule has 0 unspecified atom stereocenters. The Hall–Kier alpha value is -2.11. The van der Waals surface area contributed by atoms with Gasteiger partial charge in [0.2, 0.25) is 0 Å². The van der Waals surface area contributed by atoms with Gasteiger partial charge in [-0.25, -0.2) is 4.68 Å². The molecular formula is C10H13N5O. The maximum atomic E-state index is 5.64. The van der Waals surface area contributed by atoms with Crippen molar-refractivity contribution in [3.05, 3.63) is 30.1 Å². The van der Waals surface area contributed by atoms with Gasteiger partial charge >= 0.3 is 0 Å². The maximum Gasteiger partial charge on any atom is 0.189 e. The number of anilines is 1. The Morgan fingerprint density at radius 3 is 3.06 bits per heavy atom. The number of rotatable bonds is 4. The first-order valence-corrected chi connectivity index (χ1v) is 5.03. The number of nitrogen functional groups attached to an aromatic ring is 1. The topological polar surface area (TPSA) is 78.8 Å². The summed E-state index contributed by atoms with van der Waals surface area (Å²) in [7, 11) is 0. The summed E-state index contributed by atoms with van der Waals surface area (Å²) >= 11 is 0. The molecular weight excluding hydrogens is 206 g/mol. The highest BCUT2D eigenvalue weighted by Crippen LogP contribution is 2.15. The minimum absolute atomic E-state index is 0.338. The number of tetrazole rings is 1. The van der Waals surface area contributed by atoms with Gasteiger partial charge in [-0.15, -0.1) is 5.10 Å². The second-order valence-corrected chi connectivity index (χ2v) is 3.27. The summed E-state index contributed by atoms with van der Waals surface area (Å²) in [5.74, 6) is 1.41. The van der Waals surface area contributed by atoms with Gasteiger partial charge in [-0.1, -0.05) is 6.07 Å². The van der Waals surface area contributed by atoms with Gasteiger partial charge in [0.1, 0.15) is 12.4 Å². The lowest BCUT2D eigenvalue weighted by atomic mass is 10.3. The first-order valence-electron chi connectivity index (χ1n) is 5.03. The lowest BCUT2D eigenvalue weighted by Gasteiger charge is -2.05. The molecule has 0 bridgehead atoms. The van der Waals surface area contributed by atoms with Gasteiger partial charge < -0.3 is 10.5 Å². The largest absolute Gasteiger partial charge is 0.485 e. The molecule has 16 heavy (non-hydrogen) atoms. The van der Waals surface area contributed by atoms with Crippen LogP contribution in [0.15, 0.2) is 24.3 Å². The van der Waals surface area contributed by atoms with E-state index in [9.17, 15) is 0 Å². The molecule has 0 aliphatic heterocycles. The molecule has 0 aliphatic rings. The summed E-state index contributed by atoms with van der Waals surface area (Å²) in [5, 5.41) is 11.3. The fraction of sp³-hybridized carbons (Fsp3) is 0.300. The third kappa shape index (κ3) is 2.28. The summed E-state index contributed by atoms with van der Waals surface area (Å²) < 4.78 is 7.22. The van der Waals surface area contributed by atoms with E-state index in [4.69, 9.17) is 10.5 Å². The van der Waals surface area contributed by atoms with Gasteiger partial charge in [-0.05, 0) is 29.5 Å². The third-order valence-corrected chi connectivity index (χ3v) is 2.13. The van der Waals surface area contributed by atoms with Gasteiger partial charge in [-0.2, -0.15) is 0 Å². The lowest BCUT2D eigenvalue weighted by molar-refractivity contribution is 0.287. The van der Waals surface area contributed by atoms with Crippen molar-refractivity contribution >= 4 is 5.69 Å². The van der Waals surface area contributed by atoms with Crippen LogP contribution in [0.2, 0.25) is 0 Å². The molecule has 1 aromatic carbocycles. The molecule has 2 N–H and O–H groups in total. The molecule has 1 heterocycles. The zero-order valence-corrected chi connectivity index (χ0v) is 9.00. The van der Waals surface area contributed by atoms with E-state index in [1.165, 1.54) is 0 Å². The standard InChI is InChI=1S/C10H13N5O/c1-2-15-10(12-13-14-15)7-16-9-5-3-4-8(11)6-9/h3-6H,2,7,11H2,1H3. The number of hydrogen-bond acceptors (Lipinski definition) is 5. The predicted molar refractivity (Wildman–Crippen MR) is 58.7 cm³/mol. The Balaban J connectivity index is 2.02. The van der Waals surface area contributed by atoms with Crippen LogP contribution in [0.3, 0.4) is 0 Å². The monoisotopic (exact) mass is 219 g/mol. The van der Waals surface area contributed by atoms with Crippen molar-refractivity contribution in [2.75, 3.05) is 5.73 Å². The van der Waals surface area contributed by atoms with Crippen LogP contribution in [0, 0.1) is 0 Å². The predicted octanol–water partition coefficient (Wildman–Crippen LogP) is 0.854. The Labute approximate surface area is 93.0 Å². The summed E-state index contributed by atoms with van der Waals surface area (Å²) in [6, 6.07) is 7.26. The summed E-state index contributed by atoms with van der Waals surface area (Å²) in [5.41, 5.74) is 6.31. The zero-order chi connectivity index (χ0) is 11.4. The van der Waals surface area contributed by atoms with Crippen molar-refractivity contribution in [1.29, 1.82) is 0 Å². The maximum absolute atomic E-state index is 5.64. The second-order valence-electron chi connectivity index (χ2n) is 3.27. The molecule has 0 radical (unpaired) electrons. The molecule has 6 nitrogen and oxygen atoms in total. The van der Waals surface area contributed by atoms with Crippen LogP contribution in [-0.4, -0.2) is 20.2 Å². The number of benzene rings is 1. The number of nitrogens with two attached hydrogens (primary N) is 1. The van der Waals surface area contributed by atoms with E-state index in [-0.39, 0.29) is 0 Å². The van der Waals surface area contributed by atoms with Crippen LogP contribution in [-0.2, 0) is 13.2 Å². The molecule has 0 amide bonds. The summed E-state index contributed by atoms with van der Waals surface area (Å²) in [6.07, 6.45) is 0. The van der Waals surface area contributed by atoms with Crippen LogP contribution in [0.4, 0.5) is 5.69 Å². The molecule has 0 atom stereocenters. The van der Waals surface area contributed by atoms with E-state index >= 15 is 0 Å². The van der Waals surface area contributed by atoms with Gasteiger partial charge in [0.25, 0.3) is 0 Å². The number of aromatic nitrogens is 4. The Kier molecular flexibility index (Phi) is 3.00. The number of ether oxygens (including phenoxy) is 1. The minimum Gasteiger partial charge on any atom is -0.485 e. The average Bonchev–Trinajstić information content (AvgIpc) is 2.74. The van der Waals surface area contributed by atoms with Crippen LogP contribution in [0.1, 0.15) is 12.7 Å². The first kappa shape index (κ1) is 10.4. The molecule has 2 aromatic rings. The third-order valence-electron chi connectivity index (χ3n) is 2.13. The van der Waals surface area contributed by atoms with Crippen molar-refractivity contribution in [1.82, 2.24) is 20.2 Å². The second kappa shape index (κ2) is 4.61. The fourth-order valence-electron chi connectivity index (χ4n) is 1.32. The van der Waals surface area contributed by atoms with E-state index in [1.807, 2.05) is 25.1 Å². The van der Waals surface area contributed by atoms with Crippen LogP contribution in [0.25, 0.3) is 0 Å². The molecule has 6 heteroatoms. The van der Waals surface area contributed by atoms with E-state index in [0.29, 0.717) is 23.9 Å². The Morgan fingerprint density at radius 2 is 2.31 bits per heavy atom. The summed E-state index contributed by atoms with van der Waals surface area (Å²) in [6.45, 7) is 3.04. The van der Waals surface area contributed by atoms with Crippen LogP contribution >= 0.6 is 0 Å². The van der Waals surface area contributed by atoms with Crippen LogP contribution < -0.4 is 10.5 Å². The summed E-state index contributed by atoms with van der Waals surface area (Å²) in [4.78, 5) is 0. The number of aryl methyl sites for hydroxylation is 1. The number of nitrogens with zero attached hydrogens (tertiary/aromatic N) is 4. The van der Waals surface area contributed by atoms with Crippen molar-refractivity contribution < 1.29 is 4.74 Å². The van der Waals surface area contributed by atoms with E-state index in [2.05, 4.69) is 15.5 Å². The number of hydrogen-bond donors (Lipinski definition) is 1. The smallest absolute Gasteiger partial charge is 0.189 e. The van der Waals surface area contributed by atoms with Gasteiger partial charge in [0, 0.05) is 18.3 Å². The van der Waals surface area contributed by atoms with Gasteiger partial charge in [0.15, 0.2) is 5.82 Å². The molecule has 0 saturated heterocycles. The lowest BCUT2D eigenvalue weighted by Crippen LogP contribution is -2.07. The molecule has 0 saturated carbocycles. The highest BCUT2D eigenvalue weighted by molar-refractivity contribution is 5.43. The normalized spacial score (nSPS) is 10.3. The highest BCUT2D eigenvalue weighted by atomic mass is 16.5. The van der Waals surface area contributed by atoms with Gasteiger partial charge in [-0.3, -0.25) is 0 Å².